The van der Waals surface area contributed by atoms with Crippen LogP contribution in [0.3, 0.4) is 0 Å². The summed E-state index contributed by atoms with van der Waals surface area (Å²) in [5.74, 6) is -0.0310. The molecule has 4 heteroatoms. The highest BCUT2D eigenvalue weighted by Gasteiger charge is 2.10. The molecule has 0 bridgehead atoms. The fourth-order valence-electron chi connectivity index (χ4n) is 2.61. The van der Waals surface area contributed by atoms with Gasteiger partial charge in [-0.1, -0.05) is 42.5 Å². The van der Waals surface area contributed by atoms with Crippen molar-refractivity contribution in [1.82, 2.24) is 15.1 Å². The molecule has 0 spiro atoms. The number of amides is 1. The van der Waals surface area contributed by atoms with Gasteiger partial charge in [0.15, 0.2) is 0 Å². The first-order chi connectivity index (χ1) is 10.6. The van der Waals surface area contributed by atoms with E-state index < -0.39 is 0 Å². The van der Waals surface area contributed by atoms with Crippen molar-refractivity contribution in [2.75, 3.05) is 0 Å². The van der Waals surface area contributed by atoms with Gasteiger partial charge in [0, 0.05) is 11.9 Å². The maximum Gasteiger partial charge on any atom is 0.242 e. The minimum absolute atomic E-state index is 0.0310. The van der Waals surface area contributed by atoms with Crippen molar-refractivity contribution in [2.24, 2.45) is 0 Å². The van der Waals surface area contributed by atoms with E-state index in [9.17, 15) is 4.79 Å². The zero-order valence-corrected chi connectivity index (χ0v) is 12.8. The lowest BCUT2D eigenvalue weighted by atomic mass is 10.1. The summed E-state index contributed by atoms with van der Waals surface area (Å²) < 4.78 is 1.76. The normalized spacial score (nSPS) is 10.8. The zero-order chi connectivity index (χ0) is 15.5. The number of para-hydroxylation sites is 1. The van der Waals surface area contributed by atoms with E-state index in [1.165, 1.54) is 5.56 Å². The van der Waals surface area contributed by atoms with Crippen LogP contribution in [0.2, 0.25) is 0 Å². The Balaban J connectivity index is 1.70. The molecule has 3 rings (SSSR count). The van der Waals surface area contributed by atoms with Crippen molar-refractivity contribution in [3.05, 3.63) is 65.4 Å². The minimum atomic E-state index is -0.0310. The van der Waals surface area contributed by atoms with Gasteiger partial charge in [-0.15, -0.1) is 0 Å². The number of aromatic nitrogens is 2. The quantitative estimate of drug-likeness (QED) is 0.804. The van der Waals surface area contributed by atoms with Gasteiger partial charge < -0.3 is 5.32 Å². The largest absolute Gasteiger partial charge is 0.350 e. The van der Waals surface area contributed by atoms with Gasteiger partial charge in [0.2, 0.25) is 5.91 Å². The molecule has 1 heterocycles. The van der Waals surface area contributed by atoms with Crippen LogP contribution in [0.5, 0.6) is 0 Å². The number of nitrogens with zero attached hydrogens (tertiary/aromatic N) is 2. The molecule has 2 aromatic carbocycles. The molecule has 0 unspecified atom stereocenters. The van der Waals surface area contributed by atoms with Crippen molar-refractivity contribution < 1.29 is 4.79 Å². The standard InChI is InChI=1S/C18H19N3O/c1-13-7-3-4-8-15(13)11-19-18(22)12-21-17-10-6-5-9-16(17)14(2)20-21/h3-10H,11-12H2,1-2H3,(H,19,22). The number of hydrogen-bond donors (Lipinski definition) is 1. The van der Waals surface area contributed by atoms with Gasteiger partial charge in [-0.25, -0.2) is 0 Å². The monoisotopic (exact) mass is 293 g/mol. The van der Waals surface area contributed by atoms with Gasteiger partial charge in [0.25, 0.3) is 0 Å². The predicted octanol–water partition coefficient (Wildman–Crippen LogP) is 2.97. The highest BCUT2D eigenvalue weighted by Crippen LogP contribution is 2.17. The van der Waals surface area contributed by atoms with Gasteiger partial charge >= 0.3 is 0 Å². The molecule has 0 aliphatic carbocycles. The van der Waals surface area contributed by atoms with Gasteiger partial charge in [0.1, 0.15) is 6.54 Å². The van der Waals surface area contributed by atoms with Crippen LogP contribution in [0.1, 0.15) is 16.8 Å². The Morgan fingerprint density at radius 3 is 2.64 bits per heavy atom. The molecule has 3 aromatic rings. The Hall–Kier alpha value is -2.62. The second kappa shape index (κ2) is 6.02. The third kappa shape index (κ3) is 2.86. The van der Waals surface area contributed by atoms with Crippen LogP contribution in [0.15, 0.2) is 48.5 Å². The molecule has 1 aromatic heterocycles. The third-order valence-electron chi connectivity index (χ3n) is 3.87. The summed E-state index contributed by atoms with van der Waals surface area (Å²) in [5, 5.41) is 8.51. The summed E-state index contributed by atoms with van der Waals surface area (Å²) >= 11 is 0. The SMILES string of the molecule is Cc1ccccc1CNC(=O)Cn1nc(C)c2ccccc21. The number of benzene rings is 2. The maximum absolute atomic E-state index is 12.2. The second-order valence-corrected chi connectivity index (χ2v) is 5.46. The summed E-state index contributed by atoms with van der Waals surface area (Å²) in [4.78, 5) is 12.2. The lowest BCUT2D eigenvalue weighted by Crippen LogP contribution is -2.27. The molecular weight excluding hydrogens is 274 g/mol. The first kappa shape index (κ1) is 14.3. The van der Waals surface area contributed by atoms with Crippen molar-refractivity contribution in [3.8, 4) is 0 Å². The Morgan fingerprint density at radius 1 is 1.09 bits per heavy atom. The van der Waals surface area contributed by atoms with Gasteiger partial charge in [0.05, 0.1) is 11.2 Å². The first-order valence-electron chi connectivity index (χ1n) is 7.38. The molecule has 0 saturated carbocycles. The van der Waals surface area contributed by atoms with Crippen molar-refractivity contribution in [1.29, 1.82) is 0 Å². The van der Waals surface area contributed by atoms with Gasteiger partial charge in [-0.3, -0.25) is 9.48 Å². The van der Waals surface area contributed by atoms with E-state index in [-0.39, 0.29) is 12.5 Å². The summed E-state index contributed by atoms with van der Waals surface area (Å²) in [6, 6.07) is 16.0. The Morgan fingerprint density at radius 2 is 1.82 bits per heavy atom. The Kier molecular flexibility index (Phi) is 3.92. The van der Waals surface area contributed by atoms with Crippen LogP contribution < -0.4 is 5.32 Å². The molecule has 0 radical (unpaired) electrons. The number of fused-ring (bicyclic) bond motifs is 1. The molecule has 0 atom stereocenters. The molecule has 4 nitrogen and oxygen atoms in total. The van der Waals surface area contributed by atoms with Crippen molar-refractivity contribution >= 4 is 16.8 Å². The van der Waals surface area contributed by atoms with Gasteiger partial charge in [-0.2, -0.15) is 5.10 Å². The van der Waals surface area contributed by atoms with Crippen LogP contribution in [0.25, 0.3) is 10.9 Å². The molecule has 0 aliphatic rings. The summed E-state index contributed by atoms with van der Waals surface area (Å²) in [6.45, 7) is 4.79. The van der Waals surface area contributed by atoms with E-state index >= 15 is 0 Å². The van der Waals surface area contributed by atoms with Crippen molar-refractivity contribution in [3.63, 3.8) is 0 Å². The molecule has 0 fully saturated rings. The van der Waals surface area contributed by atoms with Crippen LogP contribution in [-0.2, 0) is 17.9 Å². The van der Waals surface area contributed by atoms with E-state index in [1.54, 1.807) is 4.68 Å². The number of rotatable bonds is 4. The summed E-state index contributed by atoms with van der Waals surface area (Å²) in [5.41, 5.74) is 4.26. The molecule has 0 saturated heterocycles. The Bertz CT molecular complexity index is 820. The van der Waals surface area contributed by atoms with Crippen LogP contribution in [0.4, 0.5) is 0 Å². The molecule has 1 amide bonds. The fraction of sp³-hybridized carbons (Fsp3) is 0.222. The average Bonchev–Trinajstić information content (AvgIpc) is 2.83. The number of carbonyl (C=O) groups is 1. The minimum Gasteiger partial charge on any atom is -0.350 e. The Labute approximate surface area is 129 Å². The average molecular weight is 293 g/mol. The summed E-state index contributed by atoms with van der Waals surface area (Å²) in [7, 11) is 0. The maximum atomic E-state index is 12.2. The highest BCUT2D eigenvalue weighted by atomic mass is 16.2. The third-order valence-corrected chi connectivity index (χ3v) is 3.87. The predicted molar refractivity (Wildman–Crippen MR) is 87.5 cm³/mol. The van der Waals surface area contributed by atoms with Crippen LogP contribution in [-0.4, -0.2) is 15.7 Å². The fourth-order valence-corrected chi connectivity index (χ4v) is 2.61. The number of carbonyl (C=O) groups excluding carboxylic acids is 1. The molecule has 22 heavy (non-hydrogen) atoms. The molecular formula is C18H19N3O. The van der Waals surface area contributed by atoms with Crippen LogP contribution >= 0.6 is 0 Å². The van der Waals surface area contributed by atoms with E-state index in [1.807, 2.05) is 62.4 Å². The highest BCUT2D eigenvalue weighted by molar-refractivity contribution is 5.84. The topological polar surface area (TPSA) is 46.9 Å². The number of hydrogen-bond acceptors (Lipinski definition) is 2. The lowest BCUT2D eigenvalue weighted by molar-refractivity contribution is -0.121. The second-order valence-electron chi connectivity index (χ2n) is 5.46. The van der Waals surface area contributed by atoms with E-state index in [0.717, 1.165) is 22.2 Å². The van der Waals surface area contributed by atoms with Gasteiger partial charge in [-0.05, 0) is 31.0 Å². The smallest absolute Gasteiger partial charge is 0.242 e. The zero-order valence-electron chi connectivity index (χ0n) is 12.8. The molecule has 0 aliphatic heterocycles. The first-order valence-corrected chi connectivity index (χ1v) is 7.38. The molecule has 1 N–H and O–H groups in total. The summed E-state index contributed by atoms with van der Waals surface area (Å²) in [6.07, 6.45) is 0. The lowest BCUT2D eigenvalue weighted by Gasteiger charge is -2.08. The van der Waals surface area contributed by atoms with Crippen molar-refractivity contribution in [2.45, 2.75) is 26.9 Å². The number of nitrogens with one attached hydrogen (secondary N) is 1. The van der Waals surface area contributed by atoms with E-state index in [4.69, 9.17) is 0 Å². The number of aryl methyl sites for hydroxylation is 2. The van der Waals surface area contributed by atoms with Crippen LogP contribution in [0, 0.1) is 13.8 Å². The van der Waals surface area contributed by atoms with E-state index in [2.05, 4.69) is 10.4 Å². The molecule has 112 valence electrons. The van der Waals surface area contributed by atoms with E-state index in [0.29, 0.717) is 6.54 Å².